The van der Waals surface area contributed by atoms with E-state index in [0.29, 0.717) is 25.3 Å². The largest absolute Gasteiger partial charge is 0.345 e. The van der Waals surface area contributed by atoms with Crippen LogP contribution >= 0.6 is 0 Å². The van der Waals surface area contributed by atoms with E-state index in [1.807, 2.05) is 11.9 Å². The number of carbonyl (C=O) groups is 1. The number of rotatable bonds is 6. The molecule has 1 aromatic heterocycles. The number of fused-ring (bicyclic) bond motifs is 1. The SMILES string of the molecule is [2H]C([2H])([2H])n1cnc2c1CN(CCCCC(=O)N(C)OC)CN2C. The first-order valence-electron chi connectivity index (χ1n) is 8.55. The summed E-state index contributed by atoms with van der Waals surface area (Å²) in [4.78, 5) is 24.9. The summed E-state index contributed by atoms with van der Waals surface area (Å²) in [6.45, 7) is -0.192. The summed E-state index contributed by atoms with van der Waals surface area (Å²) in [6, 6.07) is 0. The maximum Gasteiger partial charge on any atom is 0.245 e. The van der Waals surface area contributed by atoms with Gasteiger partial charge in [0.25, 0.3) is 0 Å². The lowest BCUT2D eigenvalue weighted by atomic mass is 10.2. The van der Waals surface area contributed by atoms with Crippen molar-refractivity contribution in [2.45, 2.75) is 25.8 Å². The second kappa shape index (κ2) is 6.91. The molecule has 1 aliphatic rings. The van der Waals surface area contributed by atoms with Gasteiger partial charge in [-0.3, -0.25) is 14.5 Å². The smallest absolute Gasteiger partial charge is 0.245 e. The van der Waals surface area contributed by atoms with Crippen LogP contribution in [0.2, 0.25) is 0 Å². The van der Waals surface area contributed by atoms with Crippen molar-refractivity contribution in [1.82, 2.24) is 19.5 Å². The molecule has 118 valence electrons. The molecule has 0 aliphatic carbocycles. The predicted molar refractivity (Wildman–Crippen MR) is 80.5 cm³/mol. The average molecular weight is 298 g/mol. The predicted octanol–water partition coefficient (Wildman–Crippen LogP) is 0.819. The highest BCUT2D eigenvalue weighted by Gasteiger charge is 2.23. The van der Waals surface area contributed by atoms with E-state index < -0.39 is 6.98 Å². The molecule has 2 rings (SSSR count). The van der Waals surface area contributed by atoms with Crippen LogP contribution in [0.1, 0.15) is 29.1 Å². The van der Waals surface area contributed by atoms with E-state index in [-0.39, 0.29) is 5.91 Å². The molecule has 7 nitrogen and oxygen atoms in total. The molecule has 21 heavy (non-hydrogen) atoms. The van der Waals surface area contributed by atoms with Crippen molar-refractivity contribution >= 4 is 11.7 Å². The van der Waals surface area contributed by atoms with Gasteiger partial charge >= 0.3 is 0 Å². The van der Waals surface area contributed by atoms with Crippen LogP contribution in [0.4, 0.5) is 5.82 Å². The fourth-order valence-electron chi connectivity index (χ4n) is 2.48. The first-order chi connectivity index (χ1) is 11.2. The van der Waals surface area contributed by atoms with Crippen molar-refractivity contribution in [3.05, 3.63) is 12.0 Å². The number of amides is 1. The van der Waals surface area contributed by atoms with Gasteiger partial charge in [0, 0.05) is 44.7 Å². The van der Waals surface area contributed by atoms with Gasteiger partial charge in [0.05, 0.1) is 25.8 Å². The zero-order valence-corrected chi connectivity index (χ0v) is 12.9. The van der Waals surface area contributed by atoms with Crippen LogP contribution in [0, 0.1) is 0 Å². The van der Waals surface area contributed by atoms with Gasteiger partial charge in [0.2, 0.25) is 5.91 Å². The Balaban J connectivity index is 1.89. The third-order valence-electron chi connectivity index (χ3n) is 3.73. The number of unbranched alkanes of at least 4 members (excludes halogenated alkanes) is 1. The number of anilines is 1. The fraction of sp³-hybridized carbons (Fsp3) is 0.714. The molecule has 0 saturated carbocycles. The van der Waals surface area contributed by atoms with Gasteiger partial charge in [-0.1, -0.05) is 0 Å². The van der Waals surface area contributed by atoms with Crippen LogP contribution in [-0.2, 0) is 23.2 Å². The van der Waals surface area contributed by atoms with Crippen LogP contribution in [0.5, 0.6) is 0 Å². The van der Waals surface area contributed by atoms with Crippen molar-refractivity contribution in [3.63, 3.8) is 0 Å². The van der Waals surface area contributed by atoms with Crippen molar-refractivity contribution in [1.29, 1.82) is 0 Å². The maximum absolute atomic E-state index is 11.7. The minimum Gasteiger partial charge on any atom is -0.345 e. The average Bonchev–Trinajstić information content (AvgIpc) is 2.95. The molecule has 0 radical (unpaired) electrons. The summed E-state index contributed by atoms with van der Waals surface area (Å²) in [5.74, 6) is 0.676. The standard InChI is InChI=1S/C14H25N5O2/c1-16-10-15-14-12(16)9-19(11-17(14)2)8-6-5-7-13(20)18(3)21-4/h10H,5-9,11H2,1-4H3/i1D3. The molecule has 1 aromatic rings. The number of hydrogen-bond donors (Lipinski definition) is 0. The molecule has 1 amide bonds. The minimum absolute atomic E-state index is 0.0453. The topological polar surface area (TPSA) is 53.8 Å². The lowest BCUT2D eigenvalue weighted by Crippen LogP contribution is -2.41. The van der Waals surface area contributed by atoms with Crippen LogP contribution in [0.25, 0.3) is 0 Å². The van der Waals surface area contributed by atoms with Crippen LogP contribution in [0.3, 0.4) is 0 Å². The summed E-state index contributed by atoms with van der Waals surface area (Å²) in [5.41, 5.74) is 0.707. The van der Waals surface area contributed by atoms with Crippen LogP contribution in [-0.4, -0.2) is 59.8 Å². The third kappa shape index (κ3) is 3.74. The highest BCUT2D eigenvalue weighted by molar-refractivity contribution is 5.74. The summed E-state index contributed by atoms with van der Waals surface area (Å²) in [5, 5.41) is 1.23. The number of aromatic nitrogens is 2. The van der Waals surface area contributed by atoms with Gasteiger partial charge in [-0.15, -0.1) is 0 Å². The zero-order chi connectivity index (χ0) is 17.9. The Labute approximate surface area is 130 Å². The molecule has 0 atom stereocenters. The van der Waals surface area contributed by atoms with E-state index in [4.69, 9.17) is 8.95 Å². The molecule has 1 aliphatic heterocycles. The van der Waals surface area contributed by atoms with Crippen molar-refractivity contribution in [2.75, 3.05) is 39.3 Å². The monoisotopic (exact) mass is 298 g/mol. The molecule has 0 bridgehead atoms. The first-order valence-corrected chi connectivity index (χ1v) is 7.05. The molecule has 0 unspecified atom stereocenters. The van der Waals surface area contributed by atoms with Gasteiger partial charge in [-0.2, -0.15) is 0 Å². The Kier molecular flexibility index (Phi) is 3.95. The first kappa shape index (κ1) is 12.0. The number of hydrogen-bond acceptors (Lipinski definition) is 5. The van der Waals surface area contributed by atoms with Crippen LogP contribution in [0.15, 0.2) is 6.33 Å². The van der Waals surface area contributed by atoms with Gasteiger partial charge in [0.1, 0.15) is 0 Å². The number of carbonyl (C=O) groups excluding carboxylic acids is 1. The quantitative estimate of drug-likeness (QED) is 0.575. The second-order valence-corrected chi connectivity index (χ2v) is 5.31. The van der Waals surface area contributed by atoms with Crippen molar-refractivity contribution < 1.29 is 13.7 Å². The van der Waals surface area contributed by atoms with E-state index in [9.17, 15) is 4.79 Å². The van der Waals surface area contributed by atoms with Crippen molar-refractivity contribution in [3.8, 4) is 0 Å². The highest BCUT2D eigenvalue weighted by atomic mass is 16.7. The summed E-state index contributed by atoms with van der Waals surface area (Å²) in [6.07, 6.45) is 3.44. The number of imidazole rings is 1. The number of nitrogens with zero attached hydrogens (tertiary/aromatic N) is 5. The molecule has 0 aromatic carbocycles. The molecule has 0 spiro atoms. The van der Waals surface area contributed by atoms with Gasteiger partial charge in [-0.25, -0.2) is 10.0 Å². The molecular formula is C14H25N5O2. The number of hydroxylamine groups is 2. The zero-order valence-electron chi connectivity index (χ0n) is 15.9. The third-order valence-corrected chi connectivity index (χ3v) is 3.73. The van der Waals surface area contributed by atoms with Crippen LogP contribution < -0.4 is 4.90 Å². The lowest BCUT2D eigenvalue weighted by Gasteiger charge is -2.33. The fourth-order valence-corrected chi connectivity index (χ4v) is 2.48. The van der Waals surface area contributed by atoms with E-state index in [1.165, 1.54) is 23.1 Å². The molecule has 0 fully saturated rings. The van der Waals surface area contributed by atoms with Gasteiger partial charge < -0.3 is 9.47 Å². The van der Waals surface area contributed by atoms with E-state index >= 15 is 0 Å². The van der Waals surface area contributed by atoms with Gasteiger partial charge in [0.15, 0.2) is 5.82 Å². The Bertz CT molecular complexity index is 575. The van der Waals surface area contributed by atoms with Crippen molar-refractivity contribution in [2.24, 2.45) is 6.98 Å². The summed E-state index contributed by atoms with van der Waals surface area (Å²) < 4.78 is 24.1. The Morgan fingerprint density at radius 2 is 2.38 bits per heavy atom. The summed E-state index contributed by atoms with van der Waals surface area (Å²) in [7, 11) is 4.96. The second-order valence-electron chi connectivity index (χ2n) is 5.31. The highest BCUT2D eigenvalue weighted by Crippen LogP contribution is 2.23. The molecular weight excluding hydrogens is 270 g/mol. The Hall–Kier alpha value is -1.60. The molecule has 0 saturated heterocycles. The molecule has 7 heteroatoms. The van der Waals surface area contributed by atoms with Gasteiger partial charge in [-0.05, 0) is 12.8 Å². The summed E-state index contributed by atoms with van der Waals surface area (Å²) >= 11 is 0. The lowest BCUT2D eigenvalue weighted by molar-refractivity contribution is -0.168. The maximum atomic E-state index is 11.7. The Morgan fingerprint density at radius 1 is 1.57 bits per heavy atom. The van der Waals surface area contributed by atoms with E-state index in [0.717, 1.165) is 25.2 Å². The van der Waals surface area contributed by atoms with E-state index in [1.54, 1.807) is 7.05 Å². The normalized spacial score (nSPS) is 17.9. The molecule has 2 heterocycles. The Morgan fingerprint density at radius 3 is 3.10 bits per heavy atom. The minimum atomic E-state index is -2.22. The van der Waals surface area contributed by atoms with E-state index in [2.05, 4.69) is 9.88 Å². The number of aryl methyl sites for hydroxylation is 1. The molecule has 0 N–H and O–H groups in total.